The maximum absolute atomic E-state index is 13.1. The highest BCUT2D eigenvalue weighted by Gasteiger charge is 2.28. The highest BCUT2D eigenvalue weighted by Crippen LogP contribution is 2.36. The molecule has 3 aromatic heterocycles. The molecule has 1 aromatic carbocycles. The Bertz CT molecular complexity index is 1610. The van der Waals surface area contributed by atoms with E-state index in [9.17, 15) is 9.59 Å². The Kier molecular flexibility index (Phi) is 6.52. The van der Waals surface area contributed by atoms with Gasteiger partial charge in [0.2, 0.25) is 0 Å². The molecule has 9 heteroatoms. The number of carbonyl (C=O) groups excluding carboxylic acids is 2. The Labute approximate surface area is 224 Å². The van der Waals surface area contributed by atoms with Crippen molar-refractivity contribution >= 4 is 44.4 Å². The molecule has 1 aliphatic heterocycles. The zero-order valence-electron chi connectivity index (χ0n) is 21.3. The van der Waals surface area contributed by atoms with Gasteiger partial charge in [-0.25, -0.2) is 4.79 Å². The molecule has 6 rings (SSSR count). The SMILES string of the molecule is COC1CCN(C(=O)c2cc3nccc(Oc4ccc5c(c4)cc(C)n5C(=O)NCC#CC4CC4)c3s2)C1. The van der Waals surface area contributed by atoms with E-state index in [2.05, 4.69) is 22.1 Å². The largest absolute Gasteiger partial charge is 0.456 e. The normalized spacial score (nSPS) is 17.0. The summed E-state index contributed by atoms with van der Waals surface area (Å²) in [5, 5.41) is 3.79. The number of pyridine rings is 1. The van der Waals surface area contributed by atoms with E-state index in [1.54, 1.807) is 23.9 Å². The van der Waals surface area contributed by atoms with E-state index in [0.29, 0.717) is 41.9 Å². The molecule has 2 fully saturated rings. The van der Waals surface area contributed by atoms with E-state index in [0.717, 1.165) is 46.1 Å². The third-order valence-corrected chi connectivity index (χ3v) is 8.08. The summed E-state index contributed by atoms with van der Waals surface area (Å²) in [5.74, 6) is 7.98. The van der Waals surface area contributed by atoms with Gasteiger partial charge in [0, 0.05) is 49.5 Å². The van der Waals surface area contributed by atoms with Gasteiger partial charge >= 0.3 is 6.03 Å². The standard InChI is InChI=1S/C29H28N4O4S/c1-18-14-20-15-21(7-8-24(20)33(18)29(35)31-11-3-4-19-5-6-19)37-25-9-12-30-23-16-26(38-27(23)25)28(34)32-13-10-22(17-32)36-2/h7-9,12,14-16,19,22H,5-6,10-11,13,17H2,1-2H3,(H,31,35). The van der Waals surface area contributed by atoms with Crippen molar-refractivity contribution < 1.29 is 19.1 Å². The minimum absolute atomic E-state index is 0.00599. The number of thiophene rings is 1. The quantitative estimate of drug-likeness (QED) is 0.361. The van der Waals surface area contributed by atoms with Crippen LogP contribution in [0, 0.1) is 24.7 Å². The maximum atomic E-state index is 13.1. The lowest BCUT2D eigenvalue weighted by molar-refractivity contribution is 0.0728. The number of nitrogens with zero attached hydrogens (tertiary/aromatic N) is 3. The second kappa shape index (κ2) is 10.1. The Morgan fingerprint density at radius 2 is 2.05 bits per heavy atom. The lowest BCUT2D eigenvalue weighted by Gasteiger charge is -2.14. The summed E-state index contributed by atoms with van der Waals surface area (Å²) in [7, 11) is 1.68. The number of hydrogen-bond donors (Lipinski definition) is 1. The summed E-state index contributed by atoms with van der Waals surface area (Å²) in [6, 6.07) is 11.0. The average Bonchev–Trinajstić information content (AvgIpc) is 3.30. The lowest BCUT2D eigenvalue weighted by atomic mass is 10.2. The number of amides is 2. The van der Waals surface area contributed by atoms with Crippen molar-refractivity contribution in [2.24, 2.45) is 5.92 Å². The van der Waals surface area contributed by atoms with Crippen LogP contribution in [0.4, 0.5) is 4.79 Å². The number of methoxy groups -OCH3 is 1. The van der Waals surface area contributed by atoms with Gasteiger partial charge in [-0.05, 0) is 56.5 Å². The van der Waals surface area contributed by atoms with Crippen LogP contribution in [0.15, 0.2) is 42.6 Å². The van der Waals surface area contributed by atoms with Crippen molar-refractivity contribution in [1.29, 1.82) is 0 Å². The molecule has 4 heterocycles. The second-order valence-corrected chi connectivity index (χ2v) is 10.8. The number of hydrogen-bond acceptors (Lipinski definition) is 6. The Morgan fingerprint density at radius 1 is 1.18 bits per heavy atom. The van der Waals surface area contributed by atoms with Crippen LogP contribution in [-0.4, -0.2) is 59.2 Å². The third kappa shape index (κ3) is 4.85. The Hall–Kier alpha value is -3.87. The van der Waals surface area contributed by atoms with Crippen LogP contribution in [-0.2, 0) is 4.74 Å². The highest BCUT2D eigenvalue weighted by atomic mass is 32.1. The fourth-order valence-corrected chi connectivity index (χ4v) is 5.81. The van der Waals surface area contributed by atoms with Gasteiger partial charge < -0.3 is 19.7 Å². The molecule has 2 aliphatic rings. The number of nitrogens with one attached hydrogen (secondary N) is 1. The van der Waals surface area contributed by atoms with Gasteiger partial charge in [-0.3, -0.25) is 14.3 Å². The second-order valence-electron chi connectivity index (χ2n) is 9.73. The number of rotatable bonds is 5. The molecule has 0 spiro atoms. The molecule has 0 bridgehead atoms. The summed E-state index contributed by atoms with van der Waals surface area (Å²) in [6.45, 7) is 3.53. The molecular formula is C29H28N4O4S. The van der Waals surface area contributed by atoms with Crippen molar-refractivity contribution in [2.45, 2.75) is 32.3 Å². The van der Waals surface area contributed by atoms with E-state index in [4.69, 9.17) is 9.47 Å². The summed E-state index contributed by atoms with van der Waals surface area (Å²) in [6.07, 6.45) is 4.95. The van der Waals surface area contributed by atoms with Crippen LogP contribution in [0.3, 0.4) is 0 Å². The van der Waals surface area contributed by atoms with Crippen LogP contribution in [0.25, 0.3) is 21.1 Å². The predicted octanol–water partition coefficient (Wildman–Crippen LogP) is 5.18. The zero-order valence-corrected chi connectivity index (χ0v) is 22.1. The van der Waals surface area contributed by atoms with E-state index in [1.165, 1.54) is 11.3 Å². The minimum atomic E-state index is -0.197. The molecule has 1 N–H and O–H groups in total. The molecule has 0 radical (unpaired) electrons. The zero-order chi connectivity index (χ0) is 26.2. The van der Waals surface area contributed by atoms with Gasteiger partial charge in [-0.2, -0.15) is 0 Å². The van der Waals surface area contributed by atoms with Crippen LogP contribution < -0.4 is 10.1 Å². The molecule has 1 unspecified atom stereocenters. The molecule has 1 saturated carbocycles. The third-order valence-electron chi connectivity index (χ3n) is 6.95. The molecule has 1 atom stereocenters. The summed E-state index contributed by atoms with van der Waals surface area (Å²) >= 11 is 1.39. The molecule has 4 aromatic rings. The molecular weight excluding hydrogens is 500 g/mol. The first-order chi connectivity index (χ1) is 18.5. The molecule has 194 valence electrons. The van der Waals surface area contributed by atoms with Crippen LogP contribution in [0.5, 0.6) is 11.5 Å². The predicted molar refractivity (Wildman–Crippen MR) is 147 cm³/mol. The first-order valence-electron chi connectivity index (χ1n) is 12.8. The molecule has 2 amide bonds. The molecule has 8 nitrogen and oxygen atoms in total. The minimum Gasteiger partial charge on any atom is -0.456 e. The number of benzene rings is 1. The fraction of sp³-hybridized carbons (Fsp3) is 0.345. The van der Waals surface area contributed by atoms with Crippen molar-refractivity contribution in [3.63, 3.8) is 0 Å². The molecule has 1 aliphatic carbocycles. The van der Waals surface area contributed by atoms with E-state index >= 15 is 0 Å². The van der Waals surface area contributed by atoms with Gasteiger partial charge in [-0.15, -0.1) is 11.3 Å². The molecule has 38 heavy (non-hydrogen) atoms. The average molecular weight is 529 g/mol. The van der Waals surface area contributed by atoms with Crippen molar-refractivity contribution in [1.82, 2.24) is 19.8 Å². The number of aryl methyl sites for hydroxylation is 1. The lowest BCUT2D eigenvalue weighted by Crippen LogP contribution is -2.29. The first kappa shape index (κ1) is 24.5. The van der Waals surface area contributed by atoms with Crippen LogP contribution >= 0.6 is 11.3 Å². The van der Waals surface area contributed by atoms with Gasteiger partial charge in [0.25, 0.3) is 5.91 Å². The van der Waals surface area contributed by atoms with Gasteiger partial charge in [0.1, 0.15) is 11.5 Å². The monoisotopic (exact) mass is 528 g/mol. The van der Waals surface area contributed by atoms with Crippen molar-refractivity contribution in [3.05, 3.63) is 53.2 Å². The number of carbonyl (C=O) groups is 2. The Balaban J connectivity index is 1.21. The van der Waals surface area contributed by atoms with Crippen molar-refractivity contribution in [2.75, 3.05) is 26.7 Å². The number of ether oxygens (including phenoxy) is 2. The highest BCUT2D eigenvalue weighted by molar-refractivity contribution is 7.21. The Morgan fingerprint density at radius 3 is 2.84 bits per heavy atom. The number of aromatic nitrogens is 2. The van der Waals surface area contributed by atoms with Crippen LogP contribution in [0.2, 0.25) is 0 Å². The van der Waals surface area contributed by atoms with Crippen molar-refractivity contribution in [3.8, 4) is 23.3 Å². The smallest absolute Gasteiger partial charge is 0.327 e. The fourth-order valence-electron chi connectivity index (χ4n) is 4.77. The van der Waals surface area contributed by atoms with E-state index in [-0.39, 0.29) is 18.0 Å². The summed E-state index contributed by atoms with van der Waals surface area (Å²) in [5.41, 5.74) is 2.35. The van der Waals surface area contributed by atoms with Gasteiger partial charge in [-0.1, -0.05) is 11.8 Å². The van der Waals surface area contributed by atoms with Gasteiger partial charge in [0.05, 0.1) is 33.3 Å². The topological polar surface area (TPSA) is 85.7 Å². The van der Waals surface area contributed by atoms with Crippen LogP contribution in [0.1, 0.15) is 34.6 Å². The van der Waals surface area contributed by atoms with E-state index < -0.39 is 0 Å². The summed E-state index contributed by atoms with van der Waals surface area (Å²) in [4.78, 5) is 32.8. The number of likely N-dealkylation sites (tertiary alicyclic amines) is 1. The summed E-state index contributed by atoms with van der Waals surface area (Å²) < 4.78 is 14.1. The number of fused-ring (bicyclic) bond motifs is 2. The van der Waals surface area contributed by atoms with E-state index in [1.807, 2.05) is 42.2 Å². The maximum Gasteiger partial charge on any atom is 0.327 e. The first-order valence-corrected chi connectivity index (χ1v) is 13.6. The van der Waals surface area contributed by atoms with Gasteiger partial charge in [0.15, 0.2) is 0 Å². The molecule has 1 saturated heterocycles.